The quantitative estimate of drug-likeness (QED) is 0.764. The van der Waals surface area contributed by atoms with Crippen molar-refractivity contribution in [3.05, 3.63) is 42.1 Å². The van der Waals surface area contributed by atoms with Gasteiger partial charge < -0.3 is 15.5 Å². The molecule has 0 fully saturated rings. The highest BCUT2D eigenvalue weighted by Crippen LogP contribution is 2.26. The number of aliphatic hydroxyl groups is 2. The molecule has 0 spiro atoms. The predicted octanol–water partition coefficient (Wildman–Crippen LogP) is 1.16. The molecular weight excluding hydrogens is 256 g/mol. The summed E-state index contributed by atoms with van der Waals surface area (Å²) in [5, 5.41) is 23.7. The van der Waals surface area contributed by atoms with E-state index in [2.05, 4.69) is 10.3 Å². The summed E-state index contributed by atoms with van der Waals surface area (Å²) >= 11 is 0. The first-order chi connectivity index (χ1) is 9.59. The average Bonchev–Trinajstić information content (AvgIpc) is 2.45. The Labute approximate surface area is 117 Å². The van der Waals surface area contributed by atoms with Gasteiger partial charge in [-0.15, -0.1) is 0 Å². The molecule has 0 bridgehead atoms. The number of carbonyl (C=O) groups is 1. The molecule has 2 rings (SSSR count). The molecule has 20 heavy (non-hydrogen) atoms. The fourth-order valence-electron chi connectivity index (χ4n) is 2.15. The van der Waals surface area contributed by atoms with E-state index in [1.165, 1.54) is 6.92 Å². The predicted molar refractivity (Wildman–Crippen MR) is 76.0 cm³/mol. The lowest BCUT2D eigenvalue weighted by atomic mass is 9.98. The number of rotatable bonds is 5. The van der Waals surface area contributed by atoms with E-state index in [9.17, 15) is 15.0 Å². The number of nitrogens with one attached hydrogen (secondary N) is 1. The monoisotopic (exact) mass is 274 g/mol. The second-order valence-electron chi connectivity index (χ2n) is 4.70. The maximum absolute atomic E-state index is 10.8. The Bertz CT molecular complexity index is 595. The number of aromatic nitrogens is 1. The summed E-state index contributed by atoms with van der Waals surface area (Å²) in [6.07, 6.45) is 0.0348. The largest absolute Gasteiger partial charge is 0.390 e. The molecule has 0 saturated carbocycles. The second-order valence-corrected chi connectivity index (χ2v) is 4.70. The fraction of sp³-hybridized carbons (Fsp3) is 0.333. The molecule has 0 aliphatic carbocycles. The highest BCUT2D eigenvalue weighted by atomic mass is 16.3. The molecule has 1 amide bonds. The molecule has 2 atom stereocenters. The van der Waals surface area contributed by atoms with Gasteiger partial charge in [0.2, 0.25) is 5.91 Å². The van der Waals surface area contributed by atoms with Crippen molar-refractivity contribution in [2.45, 2.75) is 25.6 Å². The number of hydrogen-bond acceptors (Lipinski definition) is 4. The minimum absolute atomic E-state index is 0.152. The van der Waals surface area contributed by atoms with Gasteiger partial charge in [0.1, 0.15) is 6.10 Å². The van der Waals surface area contributed by atoms with E-state index in [1.807, 2.05) is 12.1 Å². The Morgan fingerprint density at radius 3 is 2.85 bits per heavy atom. The highest BCUT2D eigenvalue weighted by Gasteiger charge is 2.20. The van der Waals surface area contributed by atoms with Gasteiger partial charge in [-0.05, 0) is 24.1 Å². The van der Waals surface area contributed by atoms with Crippen molar-refractivity contribution >= 4 is 16.8 Å². The number of aliphatic hydroxyl groups excluding tert-OH is 2. The van der Waals surface area contributed by atoms with Crippen LogP contribution in [-0.4, -0.2) is 33.8 Å². The zero-order valence-electron chi connectivity index (χ0n) is 11.3. The number of fused-ring (bicyclic) bond motifs is 1. The van der Waals surface area contributed by atoms with Gasteiger partial charge >= 0.3 is 0 Å². The first-order valence-corrected chi connectivity index (χ1v) is 6.54. The third kappa shape index (κ3) is 3.31. The lowest BCUT2D eigenvalue weighted by molar-refractivity contribution is -0.119. The van der Waals surface area contributed by atoms with Crippen molar-refractivity contribution in [3.63, 3.8) is 0 Å². The molecule has 1 aromatic heterocycles. The van der Waals surface area contributed by atoms with E-state index < -0.39 is 12.2 Å². The third-order valence-corrected chi connectivity index (χ3v) is 3.18. The number of carbonyl (C=O) groups excluding carboxylic acids is 1. The fourth-order valence-corrected chi connectivity index (χ4v) is 2.15. The van der Waals surface area contributed by atoms with Gasteiger partial charge in [0.25, 0.3) is 0 Å². The summed E-state index contributed by atoms with van der Waals surface area (Å²) in [4.78, 5) is 15.0. The van der Waals surface area contributed by atoms with Crippen molar-refractivity contribution in [2.24, 2.45) is 0 Å². The molecule has 1 heterocycles. The lowest BCUT2D eigenvalue weighted by Crippen LogP contribution is -2.27. The summed E-state index contributed by atoms with van der Waals surface area (Å²) in [7, 11) is 0. The van der Waals surface area contributed by atoms with Crippen molar-refractivity contribution in [2.75, 3.05) is 6.54 Å². The van der Waals surface area contributed by atoms with Crippen LogP contribution in [0.25, 0.3) is 10.9 Å². The van der Waals surface area contributed by atoms with E-state index in [0.717, 1.165) is 10.9 Å². The van der Waals surface area contributed by atoms with E-state index in [-0.39, 0.29) is 12.3 Å². The van der Waals surface area contributed by atoms with Gasteiger partial charge in [0.05, 0.1) is 11.6 Å². The van der Waals surface area contributed by atoms with Crippen LogP contribution in [0.2, 0.25) is 0 Å². The Morgan fingerprint density at radius 2 is 2.10 bits per heavy atom. The van der Waals surface area contributed by atoms with Gasteiger partial charge in [-0.1, -0.05) is 18.2 Å². The van der Waals surface area contributed by atoms with Crippen LogP contribution in [0.15, 0.2) is 36.5 Å². The Kier molecular flexibility index (Phi) is 4.65. The van der Waals surface area contributed by atoms with E-state index in [4.69, 9.17) is 0 Å². The van der Waals surface area contributed by atoms with Crippen LogP contribution in [0.5, 0.6) is 0 Å². The molecule has 2 aromatic rings. The maximum Gasteiger partial charge on any atom is 0.216 e. The summed E-state index contributed by atoms with van der Waals surface area (Å²) < 4.78 is 0. The highest BCUT2D eigenvalue weighted by molar-refractivity contribution is 5.82. The number of benzene rings is 1. The van der Waals surface area contributed by atoms with Crippen LogP contribution in [0.4, 0.5) is 0 Å². The Morgan fingerprint density at radius 1 is 1.30 bits per heavy atom. The normalized spacial score (nSPS) is 13.9. The van der Waals surface area contributed by atoms with Crippen LogP contribution in [0.3, 0.4) is 0 Å². The van der Waals surface area contributed by atoms with Crippen LogP contribution in [0, 0.1) is 0 Å². The molecule has 0 aliphatic heterocycles. The minimum Gasteiger partial charge on any atom is -0.390 e. The number of nitrogens with zero attached hydrogens (tertiary/aromatic N) is 1. The average molecular weight is 274 g/mol. The van der Waals surface area contributed by atoms with Crippen LogP contribution in [0.1, 0.15) is 25.0 Å². The van der Waals surface area contributed by atoms with Crippen LogP contribution < -0.4 is 5.32 Å². The first kappa shape index (κ1) is 14.4. The molecule has 0 aliphatic rings. The molecule has 106 valence electrons. The van der Waals surface area contributed by atoms with Crippen molar-refractivity contribution in [1.82, 2.24) is 10.3 Å². The molecule has 5 heteroatoms. The zero-order chi connectivity index (χ0) is 14.5. The van der Waals surface area contributed by atoms with Crippen molar-refractivity contribution in [3.8, 4) is 0 Å². The van der Waals surface area contributed by atoms with E-state index in [1.54, 1.807) is 24.4 Å². The Balaban J connectivity index is 2.14. The molecule has 0 radical (unpaired) electrons. The third-order valence-electron chi connectivity index (χ3n) is 3.18. The molecule has 2 unspecified atom stereocenters. The maximum atomic E-state index is 10.8. The molecule has 0 saturated heterocycles. The van der Waals surface area contributed by atoms with Gasteiger partial charge in [-0.2, -0.15) is 0 Å². The molecule has 5 nitrogen and oxygen atoms in total. The van der Waals surface area contributed by atoms with Gasteiger partial charge in [-0.3, -0.25) is 9.78 Å². The van der Waals surface area contributed by atoms with Crippen molar-refractivity contribution in [1.29, 1.82) is 0 Å². The van der Waals surface area contributed by atoms with Crippen LogP contribution in [-0.2, 0) is 4.79 Å². The standard InChI is InChI=1S/C15H18N2O3/c1-10(18)16-9-7-14(19)15(20)12-4-2-6-13-11(12)5-3-8-17-13/h2-6,8,14-15,19-20H,7,9H2,1H3,(H,16,18). The second kappa shape index (κ2) is 6.45. The lowest BCUT2D eigenvalue weighted by Gasteiger charge is -2.19. The molecule has 3 N–H and O–H groups in total. The molecular formula is C15H18N2O3. The Hall–Kier alpha value is -1.98. The van der Waals surface area contributed by atoms with Gasteiger partial charge in [0.15, 0.2) is 0 Å². The smallest absolute Gasteiger partial charge is 0.216 e. The summed E-state index contributed by atoms with van der Waals surface area (Å²) in [5.74, 6) is -0.152. The topological polar surface area (TPSA) is 82.5 Å². The first-order valence-electron chi connectivity index (χ1n) is 6.54. The summed E-state index contributed by atoms with van der Waals surface area (Å²) in [6, 6.07) is 9.09. The van der Waals surface area contributed by atoms with Crippen molar-refractivity contribution < 1.29 is 15.0 Å². The van der Waals surface area contributed by atoms with E-state index >= 15 is 0 Å². The number of pyridine rings is 1. The van der Waals surface area contributed by atoms with Gasteiger partial charge in [0, 0.05) is 25.1 Å². The van der Waals surface area contributed by atoms with E-state index in [0.29, 0.717) is 12.1 Å². The zero-order valence-corrected chi connectivity index (χ0v) is 11.3. The van der Waals surface area contributed by atoms with Gasteiger partial charge in [-0.25, -0.2) is 0 Å². The van der Waals surface area contributed by atoms with Crippen LogP contribution >= 0.6 is 0 Å². The molecule has 1 aromatic carbocycles. The number of amides is 1. The minimum atomic E-state index is -1.00. The SMILES string of the molecule is CC(=O)NCCC(O)C(O)c1cccc2ncccc12. The summed E-state index contributed by atoms with van der Waals surface area (Å²) in [6.45, 7) is 1.75. The number of hydrogen-bond donors (Lipinski definition) is 3. The summed E-state index contributed by atoms with van der Waals surface area (Å²) in [5.41, 5.74) is 1.42.